The summed E-state index contributed by atoms with van der Waals surface area (Å²) in [4.78, 5) is 29.3. The highest BCUT2D eigenvalue weighted by Crippen LogP contribution is 2.38. The Labute approximate surface area is 189 Å². The Kier molecular flexibility index (Phi) is 6.65. The van der Waals surface area contributed by atoms with Crippen LogP contribution in [0.4, 0.5) is 5.69 Å². The average Bonchev–Trinajstić information content (AvgIpc) is 3.26. The third-order valence-corrected chi connectivity index (χ3v) is 6.09. The zero-order valence-corrected chi connectivity index (χ0v) is 19.0. The summed E-state index contributed by atoms with van der Waals surface area (Å²) in [6.45, 7) is 6.12. The number of benzene rings is 2. The van der Waals surface area contributed by atoms with Crippen molar-refractivity contribution in [2.24, 2.45) is 0 Å². The second kappa shape index (κ2) is 9.61. The van der Waals surface area contributed by atoms with E-state index in [4.69, 9.17) is 9.47 Å². The van der Waals surface area contributed by atoms with Crippen molar-refractivity contribution in [3.63, 3.8) is 0 Å². The van der Waals surface area contributed by atoms with Gasteiger partial charge in [0.25, 0.3) is 0 Å². The van der Waals surface area contributed by atoms with Crippen molar-refractivity contribution < 1.29 is 19.1 Å². The molecule has 2 aliphatic heterocycles. The lowest BCUT2D eigenvalue weighted by molar-refractivity contribution is -0.133. The van der Waals surface area contributed by atoms with Crippen molar-refractivity contribution in [3.8, 4) is 11.5 Å². The van der Waals surface area contributed by atoms with Crippen LogP contribution in [0, 0.1) is 13.8 Å². The number of fused-ring (bicyclic) bond motifs is 1. The van der Waals surface area contributed by atoms with Crippen LogP contribution < -0.4 is 14.8 Å². The highest BCUT2D eigenvalue weighted by molar-refractivity contribution is 5.94. The first kappa shape index (κ1) is 22.1. The molecule has 32 heavy (non-hydrogen) atoms. The lowest BCUT2D eigenvalue weighted by Gasteiger charge is -2.28. The normalized spacial score (nSPS) is 17.5. The molecule has 0 saturated carbocycles. The molecular formula is C25H31N3O4. The van der Waals surface area contributed by atoms with E-state index >= 15 is 0 Å². The SMILES string of the molecule is Cc1cccc(C)c1NC(=O)CN(C)CC(=O)N1CCC[C@@H]1c1ccc2c(c1)OCCO2. The number of amides is 2. The van der Waals surface area contributed by atoms with Gasteiger partial charge in [-0.05, 0) is 62.6 Å². The summed E-state index contributed by atoms with van der Waals surface area (Å²) in [6, 6.07) is 11.9. The molecule has 2 aliphatic rings. The van der Waals surface area contributed by atoms with Gasteiger partial charge in [-0.15, -0.1) is 0 Å². The monoisotopic (exact) mass is 437 g/mol. The van der Waals surface area contributed by atoms with Crippen LogP contribution in [0.1, 0.15) is 35.6 Å². The molecule has 0 radical (unpaired) electrons. The Morgan fingerprint density at radius 1 is 1.06 bits per heavy atom. The van der Waals surface area contributed by atoms with Crippen LogP contribution in [0.2, 0.25) is 0 Å². The van der Waals surface area contributed by atoms with Crippen molar-refractivity contribution in [1.82, 2.24) is 9.80 Å². The Morgan fingerprint density at radius 3 is 2.53 bits per heavy atom. The predicted molar refractivity (Wildman–Crippen MR) is 123 cm³/mol. The van der Waals surface area contributed by atoms with Gasteiger partial charge in [0.2, 0.25) is 11.8 Å². The molecule has 2 aromatic rings. The van der Waals surface area contributed by atoms with E-state index in [-0.39, 0.29) is 30.9 Å². The number of carbonyl (C=O) groups is 2. The number of hydrogen-bond donors (Lipinski definition) is 1. The number of likely N-dealkylation sites (N-methyl/N-ethyl adjacent to an activating group) is 1. The van der Waals surface area contributed by atoms with Gasteiger partial charge in [0.05, 0.1) is 19.1 Å². The summed E-state index contributed by atoms with van der Waals surface area (Å²) < 4.78 is 11.3. The summed E-state index contributed by atoms with van der Waals surface area (Å²) in [7, 11) is 1.80. The third kappa shape index (κ3) is 4.88. The highest BCUT2D eigenvalue weighted by atomic mass is 16.6. The van der Waals surface area contributed by atoms with Gasteiger partial charge in [-0.2, -0.15) is 0 Å². The second-order valence-corrected chi connectivity index (χ2v) is 8.64. The molecule has 2 heterocycles. The van der Waals surface area contributed by atoms with Crippen molar-refractivity contribution in [2.75, 3.05) is 45.2 Å². The molecule has 170 valence electrons. The lowest BCUT2D eigenvalue weighted by Crippen LogP contribution is -2.41. The zero-order chi connectivity index (χ0) is 22.7. The third-order valence-electron chi connectivity index (χ3n) is 6.09. The van der Waals surface area contributed by atoms with E-state index in [1.807, 2.05) is 55.1 Å². The van der Waals surface area contributed by atoms with E-state index < -0.39 is 0 Å². The number of nitrogens with zero attached hydrogens (tertiary/aromatic N) is 2. The van der Waals surface area contributed by atoms with Gasteiger partial charge in [-0.1, -0.05) is 24.3 Å². The summed E-state index contributed by atoms with van der Waals surface area (Å²) in [6.07, 6.45) is 1.88. The molecule has 4 rings (SSSR count). The number of ether oxygens (including phenoxy) is 2. The molecule has 2 amide bonds. The van der Waals surface area contributed by atoms with Gasteiger partial charge < -0.3 is 19.7 Å². The van der Waals surface area contributed by atoms with E-state index in [0.29, 0.717) is 13.2 Å². The van der Waals surface area contributed by atoms with Crippen molar-refractivity contribution in [1.29, 1.82) is 0 Å². The van der Waals surface area contributed by atoms with Gasteiger partial charge in [0.1, 0.15) is 13.2 Å². The molecule has 0 bridgehead atoms. The number of likely N-dealkylation sites (tertiary alicyclic amines) is 1. The second-order valence-electron chi connectivity index (χ2n) is 8.64. The number of aryl methyl sites for hydroxylation is 2. The number of anilines is 1. The number of nitrogens with one attached hydrogen (secondary N) is 1. The predicted octanol–water partition coefficient (Wildman–Crippen LogP) is 3.31. The summed E-state index contributed by atoms with van der Waals surface area (Å²) >= 11 is 0. The van der Waals surface area contributed by atoms with Crippen LogP contribution in [0.25, 0.3) is 0 Å². The Balaban J connectivity index is 1.36. The summed E-state index contributed by atoms with van der Waals surface area (Å²) in [5, 5.41) is 2.98. The van der Waals surface area contributed by atoms with E-state index in [2.05, 4.69) is 5.32 Å². The van der Waals surface area contributed by atoms with Gasteiger partial charge >= 0.3 is 0 Å². The van der Waals surface area contributed by atoms with Crippen LogP contribution in [0.15, 0.2) is 36.4 Å². The largest absolute Gasteiger partial charge is 0.486 e. The van der Waals surface area contributed by atoms with Gasteiger partial charge in [-0.3, -0.25) is 14.5 Å². The minimum atomic E-state index is -0.123. The summed E-state index contributed by atoms with van der Waals surface area (Å²) in [5.41, 5.74) is 3.96. The average molecular weight is 438 g/mol. The van der Waals surface area contributed by atoms with Crippen LogP contribution in [-0.2, 0) is 9.59 Å². The number of rotatable bonds is 6. The maximum atomic E-state index is 13.1. The fourth-order valence-corrected chi connectivity index (χ4v) is 4.49. The minimum Gasteiger partial charge on any atom is -0.486 e. The number of para-hydroxylation sites is 1. The van der Waals surface area contributed by atoms with Crippen LogP contribution in [0.3, 0.4) is 0 Å². The Morgan fingerprint density at radius 2 is 1.78 bits per heavy atom. The zero-order valence-electron chi connectivity index (χ0n) is 19.0. The molecule has 0 unspecified atom stereocenters. The van der Waals surface area contributed by atoms with E-state index in [1.54, 1.807) is 11.9 Å². The van der Waals surface area contributed by atoms with Crippen LogP contribution in [0.5, 0.6) is 11.5 Å². The maximum absolute atomic E-state index is 13.1. The smallest absolute Gasteiger partial charge is 0.238 e. The van der Waals surface area contributed by atoms with E-state index in [1.165, 1.54) is 0 Å². The highest BCUT2D eigenvalue weighted by Gasteiger charge is 2.31. The topological polar surface area (TPSA) is 71.1 Å². The maximum Gasteiger partial charge on any atom is 0.238 e. The molecule has 0 spiro atoms. The van der Waals surface area contributed by atoms with Crippen molar-refractivity contribution in [3.05, 3.63) is 53.1 Å². The molecule has 1 N–H and O–H groups in total. The molecule has 1 atom stereocenters. The molecule has 0 aromatic heterocycles. The molecule has 1 fully saturated rings. The standard InChI is InChI=1S/C25H31N3O4/c1-17-6-4-7-18(2)25(17)26-23(29)15-27(3)16-24(30)28-11-5-8-20(28)19-9-10-21-22(14-19)32-13-12-31-21/h4,6-7,9-10,14,20H,5,8,11-13,15-16H2,1-3H3,(H,26,29)/t20-/m1/s1. The fraction of sp³-hybridized carbons (Fsp3) is 0.440. The Hall–Kier alpha value is -3.06. The van der Waals surface area contributed by atoms with E-state index in [0.717, 1.165) is 53.3 Å². The first-order chi connectivity index (χ1) is 15.4. The van der Waals surface area contributed by atoms with Crippen LogP contribution >= 0.6 is 0 Å². The van der Waals surface area contributed by atoms with Gasteiger partial charge in [0, 0.05) is 12.2 Å². The van der Waals surface area contributed by atoms with Crippen molar-refractivity contribution >= 4 is 17.5 Å². The van der Waals surface area contributed by atoms with E-state index in [9.17, 15) is 9.59 Å². The molecule has 0 aliphatic carbocycles. The molecule has 1 saturated heterocycles. The lowest BCUT2D eigenvalue weighted by atomic mass is 10.0. The Bertz CT molecular complexity index is 986. The molecule has 7 nitrogen and oxygen atoms in total. The number of carbonyl (C=O) groups excluding carboxylic acids is 2. The van der Waals surface area contributed by atoms with Gasteiger partial charge in [-0.25, -0.2) is 0 Å². The number of hydrogen-bond acceptors (Lipinski definition) is 5. The quantitative estimate of drug-likeness (QED) is 0.751. The molecule has 2 aromatic carbocycles. The fourth-order valence-electron chi connectivity index (χ4n) is 4.49. The van der Waals surface area contributed by atoms with Gasteiger partial charge in [0.15, 0.2) is 11.5 Å². The summed E-state index contributed by atoms with van der Waals surface area (Å²) in [5.74, 6) is 1.41. The minimum absolute atomic E-state index is 0.0233. The molecule has 7 heteroatoms. The first-order valence-electron chi connectivity index (χ1n) is 11.2. The van der Waals surface area contributed by atoms with Crippen molar-refractivity contribution in [2.45, 2.75) is 32.7 Å². The molecular weight excluding hydrogens is 406 g/mol. The first-order valence-corrected chi connectivity index (χ1v) is 11.2. The van der Waals surface area contributed by atoms with Crippen LogP contribution in [-0.4, -0.2) is 61.5 Å².